The molecule has 0 spiro atoms. The first-order chi connectivity index (χ1) is 9.63. The molecule has 20 heavy (non-hydrogen) atoms. The van der Waals surface area contributed by atoms with Gasteiger partial charge in [-0.1, -0.05) is 46.5 Å². The molecule has 0 amide bonds. The van der Waals surface area contributed by atoms with Gasteiger partial charge in [-0.25, -0.2) is 0 Å². The Bertz CT molecular complexity index is 259. The molecule has 0 aromatic heterocycles. The van der Waals surface area contributed by atoms with Crippen molar-refractivity contribution in [3.63, 3.8) is 0 Å². The van der Waals surface area contributed by atoms with Gasteiger partial charge in [-0.05, 0) is 18.8 Å². The molecular weight excluding hydrogens is 256 g/mol. The molecule has 0 aromatic rings. The van der Waals surface area contributed by atoms with E-state index >= 15 is 0 Å². The van der Waals surface area contributed by atoms with Gasteiger partial charge < -0.3 is 9.47 Å². The van der Waals surface area contributed by atoms with Gasteiger partial charge >= 0.3 is 11.9 Å². The van der Waals surface area contributed by atoms with Crippen molar-refractivity contribution in [2.75, 3.05) is 13.2 Å². The molecule has 0 heterocycles. The number of esters is 2. The molecule has 0 aliphatic carbocycles. The molecule has 0 unspecified atom stereocenters. The predicted octanol–water partition coefficient (Wildman–Crippen LogP) is 3.87. The van der Waals surface area contributed by atoms with Crippen LogP contribution in [-0.2, 0) is 19.1 Å². The third kappa shape index (κ3) is 10.8. The smallest absolute Gasteiger partial charge is 0.305 e. The summed E-state index contributed by atoms with van der Waals surface area (Å²) < 4.78 is 10.3. The minimum atomic E-state index is -0.214. The number of ether oxygens (including phenoxy) is 2. The van der Waals surface area contributed by atoms with Crippen LogP contribution < -0.4 is 0 Å². The third-order valence-corrected chi connectivity index (χ3v) is 3.41. The van der Waals surface area contributed by atoms with Gasteiger partial charge in [0.1, 0.15) is 0 Å². The molecular formula is C16H30O4. The number of hydrogen-bond donors (Lipinski definition) is 0. The molecule has 0 atom stereocenters. The molecule has 0 saturated carbocycles. The molecule has 0 aromatic carbocycles. The van der Waals surface area contributed by atoms with Crippen LogP contribution in [0.4, 0.5) is 0 Å². The predicted molar refractivity (Wildman–Crippen MR) is 79.4 cm³/mol. The summed E-state index contributed by atoms with van der Waals surface area (Å²) in [6.07, 6.45) is 6.25. The molecule has 4 heteroatoms. The van der Waals surface area contributed by atoms with Crippen LogP contribution in [0.2, 0.25) is 0 Å². The number of unbranched alkanes of at least 4 members (excludes halogenated alkanes) is 2. The Balaban J connectivity index is 3.53. The van der Waals surface area contributed by atoms with E-state index in [1.54, 1.807) is 0 Å². The van der Waals surface area contributed by atoms with Crippen molar-refractivity contribution in [2.24, 2.45) is 5.92 Å². The Morgan fingerprint density at radius 3 is 2.00 bits per heavy atom. The maximum Gasteiger partial charge on any atom is 0.305 e. The molecule has 0 bridgehead atoms. The van der Waals surface area contributed by atoms with Crippen molar-refractivity contribution in [1.29, 1.82) is 0 Å². The van der Waals surface area contributed by atoms with E-state index in [2.05, 4.69) is 20.8 Å². The zero-order valence-corrected chi connectivity index (χ0v) is 13.3. The average Bonchev–Trinajstić information content (AvgIpc) is 2.44. The van der Waals surface area contributed by atoms with Crippen LogP contribution >= 0.6 is 0 Å². The Kier molecular flexibility index (Phi) is 12.3. The first-order valence-corrected chi connectivity index (χ1v) is 7.95. The number of rotatable bonds is 12. The van der Waals surface area contributed by atoms with Gasteiger partial charge in [-0.15, -0.1) is 0 Å². The summed E-state index contributed by atoms with van der Waals surface area (Å²) in [6.45, 7) is 7.28. The molecule has 0 fully saturated rings. The van der Waals surface area contributed by atoms with Crippen LogP contribution in [0.1, 0.15) is 72.1 Å². The highest BCUT2D eigenvalue weighted by Gasteiger charge is 2.10. The van der Waals surface area contributed by atoms with Crippen LogP contribution in [0.3, 0.4) is 0 Å². The topological polar surface area (TPSA) is 52.6 Å². The van der Waals surface area contributed by atoms with E-state index in [9.17, 15) is 9.59 Å². The van der Waals surface area contributed by atoms with E-state index in [1.165, 1.54) is 0 Å². The summed E-state index contributed by atoms with van der Waals surface area (Å²) in [5.41, 5.74) is 0. The molecule has 0 radical (unpaired) electrons. The zero-order chi connectivity index (χ0) is 15.2. The van der Waals surface area contributed by atoms with Crippen molar-refractivity contribution in [1.82, 2.24) is 0 Å². The van der Waals surface area contributed by atoms with E-state index in [0.29, 0.717) is 38.4 Å². The monoisotopic (exact) mass is 286 g/mol. The van der Waals surface area contributed by atoms with E-state index in [-0.39, 0.29) is 11.9 Å². The minimum Gasteiger partial charge on any atom is -0.466 e. The molecule has 118 valence electrons. The number of carbonyl (C=O) groups excluding carboxylic acids is 2. The fourth-order valence-electron chi connectivity index (χ4n) is 1.79. The summed E-state index contributed by atoms with van der Waals surface area (Å²) in [5, 5.41) is 0. The lowest BCUT2D eigenvalue weighted by molar-refractivity contribution is -0.146. The third-order valence-electron chi connectivity index (χ3n) is 3.41. The van der Waals surface area contributed by atoms with Crippen molar-refractivity contribution >= 4 is 11.9 Å². The van der Waals surface area contributed by atoms with Gasteiger partial charge in [0.05, 0.1) is 13.2 Å². The fraction of sp³-hybridized carbons (Fsp3) is 0.875. The van der Waals surface area contributed by atoms with Crippen molar-refractivity contribution in [2.45, 2.75) is 72.1 Å². The van der Waals surface area contributed by atoms with Gasteiger partial charge in [0, 0.05) is 12.8 Å². The fourth-order valence-corrected chi connectivity index (χ4v) is 1.79. The molecule has 4 nitrogen and oxygen atoms in total. The maximum absolute atomic E-state index is 11.5. The van der Waals surface area contributed by atoms with E-state index in [4.69, 9.17) is 9.47 Å². The molecule has 0 aliphatic heterocycles. The molecule has 0 rings (SSSR count). The Morgan fingerprint density at radius 2 is 1.45 bits per heavy atom. The summed E-state index contributed by atoms with van der Waals surface area (Å²) in [6, 6.07) is 0. The molecule has 0 saturated heterocycles. The maximum atomic E-state index is 11.5. The summed E-state index contributed by atoms with van der Waals surface area (Å²) in [4.78, 5) is 22.9. The van der Waals surface area contributed by atoms with Crippen LogP contribution in [0.5, 0.6) is 0 Å². The Hall–Kier alpha value is -1.06. The van der Waals surface area contributed by atoms with Crippen molar-refractivity contribution in [3.8, 4) is 0 Å². The Labute approximate surface area is 123 Å². The highest BCUT2D eigenvalue weighted by atomic mass is 16.5. The van der Waals surface area contributed by atoms with Gasteiger partial charge in [-0.3, -0.25) is 9.59 Å². The second-order valence-electron chi connectivity index (χ2n) is 5.15. The van der Waals surface area contributed by atoms with E-state index in [1.807, 2.05) is 0 Å². The second kappa shape index (κ2) is 12.9. The Morgan fingerprint density at radius 1 is 0.850 bits per heavy atom. The highest BCUT2D eigenvalue weighted by molar-refractivity contribution is 5.72. The van der Waals surface area contributed by atoms with Crippen molar-refractivity contribution in [3.05, 3.63) is 0 Å². The SMILES string of the molecule is CCCCCOC(=O)CCCC(=O)OCC(CC)CC. The van der Waals surface area contributed by atoms with Crippen LogP contribution in [0.25, 0.3) is 0 Å². The zero-order valence-electron chi connectivity index (χ0n) is 13.3. The first kappa shape index (κ1) is 18.9. The quantitative estimate of drug-likeness (QED) is 0.404. The average molecular weight is 286 g/mol. The normalized spacial score (nSPS) is 10.6. The van der Waals surface area contributed by atoms with Crippen LogP contribution in [-0.4, -0.2) is 25.2 Å². The summed E-state index contributed by atoms with van der Waals surface area (Å²) in [7, 11) is 0. The highest BCUT2D eigenvalue weighted by Crippen LogP contribution is 2.09. The van der Waals surface area contributed by atoms with Gasteiger partial charge in [-0.2, -0.15) is 0 Å². The minimum absolute atomic E-state index is 0.212. The van der Waals surface area contributed by atoms with Crippen LogP contribution in [0, 0.1) is 5.92 Å². The standard InChI is InChI=1S/C16H30O4/c1-4-7-8-12-19-15(17)10-9-11-16(18)20-13-14(5-2)6-3/h14H,4-13H2,1-3H3. The lowest BCUT2D eigenvalue weighted by atomic mass is 10.1. The first-order valence-electron chi connectivity index (χ1n) is 7.95. The van der Waals surface area contributed by atoms with Crippen molar-refractivity contribution < 1.29 is 19.1 Å². The van der Waals surface area contributed by atoms with E-state index < -0.39 is 0 Å². The second-order valence-corrected chi connectivity index (χ2v) is 5.15. The lowest BCUT2D eigenvalue weighted by Gasteiger charge is -2.12. The summed E-state index contributed by atoms with van der Waals surface area (Å²) in [5.74, 6) is 0.0204. The molecule has 0 N–H and O–H groups in total. The van der Waals surface area contributed by atoms with E-state index in [0.717, 1.165) is 32.1 Å². The molecule has 0 aliphatic rings. The number of carbonyl (C=O) groups is 2. The van der Waals surface area contributed by atoms with Gasteiger partial charge in [0.25, 0.3) is 0 Å². The van der Waals surface area contributed by atoms with Gasteiger partial charge in [0.15, 0.2) is 0 Å². The summed E-state index contributed by atoms with van der Waals surface area (Å²) >= 11 is 0. The largest absolute Gasteiger partial charge is 0.466 e. The lowest BCUT2D eigenvalue weighted by Crippen LogP contribution is -2.13. The van der Waals surface area contributed by atoms with Gasteiger partial charge in [0.2, 0.25) is 0 Å². The van der Waals surface area contributed by atoms with Crippen LogP contribution in [0.15, 0.2) is 0 Å². The number of hydrogen-bond acceptors (Lipinski definition) is 4.